The summed E-state index contributed by atoms with van der Waals surface area (Å²) in [6, 6.07) is 14.9. The van der Waals surface area contributed by atoms with E-state index in [-0.39, 0.29) is 5.91 Å². The van der Waals surface area contributed by atoms with Gasteiger partial charge in [0.25, 0.3) is 0 Å². The maximum atomic E-state index is 12.1. The van der Waals surface area contributed by atoms with Crippen molar-refractivity contribution in [3.05, 3.63) is 58.6 Å². The van der Waals surface area contributed by atoms with Crippen LogP contribution < -0.4 is 10.1 Å². The summed E-state index contributed by atoms with van der Waals surface area (Å²) < 4.78 is 6.09. The number of benzene rings is 2. The second-order valence-electron chi connectivity index (χ2n) is 4.52. The number of halogens is 2. The molecule has 5 heteroatoms. The lowest BCUT2D eigenvalue weighted by molar-refractivity contribution is -0.115. The van der Waals surface area contributed by atoms with Crippen LogP contribution in [-0.4, -0.2) is 18.4 Å². The molecule has 0 radical (unpaired) electrons. The second kappa shape index (κ2) is 7.48. The van der Waals surface area contributed by atoms with Gasteiger partial charge >= 0.3 is 0 Å². The van der Waals surface area contributed by atoms with Gasteiger partial charge in [-0.1, -0.05) is 34.1 Å². The van der Waals surface area contributed by atoms with Crippen molar-refractivity contribution >= 4 is 39.1 Å². The van der Waals surface area contributed by atoms with Gasteiger partial charge in [0, 0.05) is 16.2 Å². The van der Waals surface area contributed by atoms with Crippen LogP contribution in [-0.2, 0) is 11.2 Å². The molecular formula is C16H15BrClNO2. The van der Waals surface area contributed by atoms with E-state index in [4.69, 9.17) is 16.3 Å². The van der Waals surface area contributed by atoms with E-state index in [1.54, 1.807) is 19.2 Å². The molecule has 110 valence electrons. The van der Waals surface area contributed by atoms with Gasteiger partial charge in [0.2, 0.25) is 5.91 Å². The zero-order valence-electron chi connectivity index (χ0n) is 11.5. The van der Waals surface area contributed by atoms with Gasteiger partial charge in [-0.25, -0.2) is 0 Å². The molecule has 1 atom stereocenters. The topological polar surface area (TPSA) is 38.3 Å². The van der Waals surface area contributed by atoms with Gasteiger partial charge in [0.05, 0.1) is 7.11 Å². The number of nitrogens with one attached hydrogen (secondary N) is 1. The summed E-state index contributed by atoms with van der Waals surface area (Å²) in [7, 11) is 1.58. The molecule has 0 spiro atoms. The Morgan fingerprint density at radius 2 is 2.05 bits per heavy atom. The van der Waals surface area contributed by atoms with Crippen LogP contribution in [0.5, 0.6) is 5.75 Å². The van der Waals surface area contributed by atoms with Crippen molar-refractivity contribution in [3.63, 3.8) is 0 Å². The zero-order valence-corrected chi connectivity index (χ0v) is 13.8. The third-order valence-corrected chi connectivity index (χ3v) is 3.77. The lowest BCUT2D eigenvalue weighted by Crippen LogP contribution is -2.25. The zero-order chi connectivity index (χ0) is 15.2. The first kappa shape index (κ1) is 15.9. The van der Waals surface area contributed by atoms with Crippen molar-refractivity contribution in [2.75, 3.05) is 12.4 Å². The highest BCUT2D eigenvalue weighted by Crippen LogP contribution is 2.19. The first-order chi connectivity index (χ1) is 10.1. The van der Waals surface area contributed by atoms with Crippen LogP contribution in [0.15, 0.2) is 53.0 Å². The predicted molar refractivity (Wildman–Crippen MR) is 89.1 cm³/mol. The number of hydrogen-bond acceptors (Lipinski definition) is 2. The third-order valence-electron chi connectivity index (χ3n) is 2.93. The number of carbonyl (C=O) groups excluding carboxylic acids is 1. The van der Waals surface area contributed by atoms with Gasteiger partial charge < -0.3 is 10.1 Å². The Morgan fingerprint density at radius 1 is 1.29 bits per heavy atom. The Morgan fingerprint density at radius 3 is 2.76 bits per heavy atom. The summed E-state index contributed by atoms with van der Waals surface area (Å²) in [5, 5.41) is 2.15. The predicted octanol–water partition coefficient (Wildman–Crippen LogP) is 4.25. The normalized spacial score (nSPS) is 11.8. The van der Waals surface area contributed by atoms with Crippen LogP contribution >= 0.6 is 27.5 Å². The van der Waals surface area contributed by atoms with Crippen LogP contribution in [0.2, 0.25) is 0 Å². The molecule has 1 unspecified atom stereocenters. The minimum absolute atomic E-state index is 0.232. The summed E-state index contributed by atoms with van der Waals surface area (Å²) in [6.07, 6.45) is 0.469. The fourth-order valence-corrected chi connectivity index (χ4v) is 2.56. The number of ether oxygens (including phenoxy) is 1. The van der Waals surface area contributed by atoms with E-state index in [0.29, 0.717) is 17.9 Å². The van der Waals surface area contributed by atoms with E-state index >= 15 is 0 Å². The van der Waals surface area contributed by atoms with Gasteiger partial charge in [-0.05, 0) is 36.2 Å². The average Bonchev–Trinajstić information content (AvgIpc) is 2.47. The highest BCUT2D eigenvalue weighted by atomic mass is 79.9. The highest BCUT2D eigenvalue weighted by Gasteiger charge is 2.16. The summed E-state index contributed by atoms with van der Waals surface area (Å²) in [6.45, 7) is 0. The molecule has 2 rings (SSSR count). The molecular weight excluding hydrogens is 354 g/mol. The number of carbonyl (C=O) groups is 1. The fourth-order valence-electron chi connectivity index (χ4n) is 1.88. The Balaban J connectivity index is 1.99. The van der Waals surface area contributed by atoms with E-state index < -0.39 is 5.38 Å². The van der Waals surface area contributed by atoms with Gasteiger partial charge in [0.1, 0.15) is 11.1 Å². The maximum Gasteiger partial charge on any atom is 0.242 e. The Labute approximate surface area is 137 Å². The smallest absolute Gasteiger partial charge is 0.242 e. The summed E-state index contributed by atoms with van der Waals surface area (Å²) in [4.78, 5) is 12.1. The first-order valence-corrected chi connectivity index (χ1v) is 7.65. The van der Waals surface area contributed by atoms with Gasteiger partial charge in [0.15, 0.2) is 0 Å². The molecule has 21 heavy (non-hydrogen) atoms. The molecule has 0 aliphatic carbocycles. The summed E-state index contributed by atoms with van der Waals surface area (Å²) >= 11 is 9.58. The number of methoxy groups -OCH3 is 1. The van der Waals surface area contributed by atoms with Crippen molar-refractivity contribution < 1.29 is 9.53 Å². The molecule has 0 aromatic heterocycles. The van der Waals surface area contributed by atoms with Crippen molar-refractivity contribution in [2.24, 2.45) is 0 Å². The van der Waals surface area contributed by atoms with E-state index in [0.717, 1.165) is 10.0 Å². The summed E-state index contributed by atoms with van der Waals surface area (Å²) in [5.41, 5.74) is 1.67. The molecule has 2 aromatic rings. The average molecular weight is 369 g/mol. The van der Waals surface area contributed by atoms with E-state index in [1.165, 1.54) is 0 Å². The van der Waals surface area contributed by atoms with Crippen molar-refractivity contribution in [3.8, 4) is 5.75 Å². The lowest BCUT2D eigenvalue weighted by atomic mass is 10.1. The molecule has 1 amide bonds. The number of amides is 1. The Hall–Kier alpha value is -1.52. The highest BCUT2D eigenvalue weighted by molar-refractivity contribution is 9.10. The van der Waals surface area contributed by atoms with Crippen molar-refractivity contribution in [2.45, 2.75) is 11.8 Å². The van der Waals surface area contributed by atoms with Crippen molar-refractivity contribution in [1.82, 2.24) is 0 Å². The number of hydrogen-bond donors (Lipinski definition) is 1. The van der Waals surface area contributed by atoms with Crippen LogP contribution in [0.3, 0.4) is 0 Å². The van der Waals surface area contributed by atoms with Crippen LogP contribution in [0.1, 0.15) is 5.56 Å². The molecule has 2 aromatic carbocycles. The first-order valence-electron chi connectivity index (χ1n) is 6.42. The van der Waals surface area contributed by atoms with Crippen LogP contribution in [0, 0.1) is 0 Å². The molecule has 0 saturated heterocycles. The van der Waals surface area contributed by atoms with Gasteiger partial charge in [-0.3, -0.25) is 4.79 Å². The molecule has 0 heterocycles. The van der Waals surface area contributed by atoms with Crippen LogP contribution in [0.4, 0.5) is 5.69 Å². The number of anilines is 1. The number of alkyl halides is 1. The quantitative estimate of drug-likeness (QED) is 0.801. The van der Waals surface area contributed by atoms with Crippen LogP contribution in [0.25, 0.3) is 0 Å². The number of rotatable bonds is 5. The van der Waals surface area contributed by atoms with E-state index in [2.05, 4.69) is 21.2 Å². The van der Waals surface area contributed by atoms with Gasteiger partial charge in [-0.2, -0.15) is 0 Å². The minimum Gasteiger partial charge on any atom is -0.497 e. The standard InChI is InChI=1S/C16H15BrClNO2/c1-21-14-7-3-6-13(10-14)19-16(20)15(18)9-11-4-2-5-12(17)8-11/h2-8,10,15H,9H2,1H3,(H,19,20). The third kappa shape index (κ3) is 4.76. The maximum absolute atomic E-state index is 12.1. The van der Waals surface area contributed by atoms with E-state index in [9.17, 15) is 4.79 Å². The Kier molecular flexibility index (Phi) is 5.65. The summed E-state index contributed by atoms with van der Waals surface area (Å²) in [5.74, 6) is 0.454. The second-order valence-corrected chi connectivity index (χ2v) is 5.97. The van der Waals surface area contributed by atoms with Gasteiger partial charge in [-0.15, -0.1) is 11.6 Å². The molecule has 0 bridgehead atoms. The SMILES string of the molecule is COc1cccc(NC(=O)C(Cl)Cc2cccc(Br)c2)c1. The Bertz CT molecular complexity index is 633. The molecule has 1 N–H and O–H groups in total. The molecule has 0 aliphatic rings. The molecule has 0 aliphatic heterocycles. The largest absolute Gasteiger partial charge is 0.497 e. The van der Waals surface area contributed by atoms with E-state index in [1.807, 2.05) is 36.4 Å². The minimum atomic E-state index is -0.634. The lowest BCUT2D eigenvalue weighted by Gasteiger charge is -2.11. The monoisotopic (exact) mass is 367 g/mol. The molecule has 0 fully saturated rings. The molecule has 3 nitrogen and oxygen atoms in total. The molecule has 0 saturated carbocycles. The fraction of sp³-hybridized carbons (Fsp3) is 0.188. The van der Waals surface area contributed by atoms with Crippen molar-refractivity contribution in [1.29, 1.82) is 0 Å².